The van der Waals surface area contributed by atoms with Crippen molar-refractivity contribution in [1.82, 2.24) is 30.0 Å². The summed E-state index contributed by atoms with van der Waals surface area (Å²) in [5.41, 5.74) is 2.12. The highest BCUT2D eigenvalue weighted by atomic mass is 32.1. The molecule has 1 saturated heterocycles. The number of thiophene rings is 1. The summed E-state index contributed by atoms with van der Waals surface area (Å²) in [6.45, 7) is 2.33. The van der Waals surface area contributed by atoms with Crippen LogP contribution < -0.4 is 20.3 Å². The molecule has 3 aromatic heterocycles. The van der Waals surface area contributed by atoms with Crippen LogP contribution in [0.5, 0.6) is 10.8 Å². The number of likely N-dealkylation sites (tertiary alicyclic amines) is 1. The zero-order valence-electron chi connectivity index (χ0n) is 21.2. The second-order valence-corrected chi connectivity index (χ2v) is 10.1. The molecule has 1 amide bonds. The number of aromatic nitrogens is 4. The van der Waals surface area contributed by atoms with Crippen molar-refractivity contribution in [2.45, 2.75) is 25.5 Å². The zero-order valence-corrected chi connectivity index (χ0v) is 22.0. The highest BCUT2D eigenvalue weighted by molar-refractivity contribution is 7.17. The lowest BCUT2D eigenvalue weighted by atomic mass is 10.1. The summed E-state index contributed by atoms with van der Waals surface area (Å²) in [6.07, 6.45) is 5.06. The zero-order chi connectivity index (χ0) is 26.5. The molecule has 1 aliphatic rings. The average Bonchev–Trinajstić information content (AvgIpc) is 3.40. The molecule has 11 heteroatoms. The Morgan fingerprint density at radius 2 is 1.89 bits per heavy atom. The summed E-state index contributed by atoms with van der Waals surface area (Å²) in [5.74, 6) is 1.25. The smallest absolute Gasteiger partial charge is 0.413 e. The van der Waals surface area contributed by atoms with Gasteiger partial charge in [0, 0.05) is 31.8 Å². The molecule has 0 aliphatic carbocycles. The molecule has 196 valence electrons. The Morgan fingerprint density at radius 1 is 1.11 bits per heavy atom. The molecule has 0 atom stereocenters. The molecule has 0 bridgehead atoms. The highest BCUT2D eigenvalue weighted by Gasteiger charge is 2.18. The van der Waals surface area contributed by atoms with Crippen molar-refractivity contribution >= 4 is 17.4 Å². The van der Waals surface area contributed by atoms with Gasteiger partial charge in [-0.25, -0.2) is 19.4 Å². The van der Waals surface area contributed by atoms with Crippen LogP contribution in [0.2, 0.25) is 0 Å². The minimum absolute atomic E-state index is 0.190. The van der Waals surface area contributed by atoms with Gasteiger partial charge in [0.2, 0.25) is 0 Å². The molecule has 1 fully saturated rings. The number of benzene rings is 1. The second-order valence-electron chi connectivity index (χ2n) is 9.04. The maximum Gasteiger partial charge on any atom is 0.413 e. The first-order chi connectivity index (χ1) is 18.5. The van der Waals surface area contributed by atoms with Crippen LogP contribution in [0.4, 0.5) is 4.79 Å². The van der Waals surface area contributed by atoms with Crippen molar-refractivity contribution in [3.05, 3.63) is 76.8 Å². The van der Waals surface area contributed by atoms with Gasteiger partial charge >= 0.3 is 6.09 Å². The first-order valence-electron chi connectivity index (χ1n) is 12.3. The fourth-order valence-corrected chi connectivity index (χ4v) is 4.97. The Balaban J connectivity index is 1.29. The summed E-state index contributed by atoms with van der Waals surface area (Å²) >= 11 is 1.27. The van der Waals surface area contributed by atoms with Gasteiger partial charge in [0.1, 0.15) is 11.8 Å². The van der Waals surface area contributed by atoms with Gasteiger partial charge in [-0.1, -0.05) is 29.5 Å². The Labute approximate surface area is 223 Å². The summed E-state index contributed by atoms with van der Waals surface area (Å²) in [5, 5.41) is 7.38. The van der Waals surface area contributed by atoms with Gasteiger partial charge in [-0.05, 0) is 49.7 Å². The quantitative estimate of drug-likeness (QED) is 0.384. The lowest BCUT2D eigenvalue weighted by Crippen LogP contribution is -2.35. The number of carbonyl (C=O) groups is 1. The molecule has 4 aromatic rings. The van der Waals surface area contributed by atoms with Gasteiger partial charge in [0.15, 0.2) is 16.6 Å². The van der Waals surface area contributed by atoms with Crippen LogP contribution in [0, 0.1) is 0 Å². The number of hydrogen-bond acceptors (Lipinski definition) is 9. The lowest BCUT2D eigenvalue weighted by Gasteiger charge is -2.29. The van der Waals surface area contributed by atoms with E-state index in [1.807, 2.05) is 24.3 Å². The van der Waals surface area contributed by atoms with Gasteiger partial charge < -0.3 is 19.7 Å². The molecule has 0 unspecified atom stereocenters. The summed E-state index contributed by atoms with van der Waals surface area (Å²) in [6, 6.07) is 14.4. The molecule has 1 aromatic carbocycles. The van der Waals surface area contributed by atoms with E-state index in [1.54, 1.807) is 30.6 Å². The van der Waals surface area contributed by atoms with Crippen molar-refractivity contribution in [1.29, 1.82) is 0 Å². The van der Waals surface area contributed by atoms with Crippen molar-refractivity contribution in [2.75, 3.05) is 27.2 Å². The number of piperidine rings is 1. The van der Waals surface area contributed by atoms with Gasteiger partial charge in [0.25, 0.3) is 5.56 Å². The predicted octanol–water partition coefficient (Wildman–Crippen LogP) is 3.67. The van der Waals surface area contributed by atoms with E-state index >= 15 is 0 Å². The van der Waals surface area contributed by atoms with Gasteiger partial charge in [-0.3, -0.25) is 4.79 Å². The monoisotopic (exact) mass is 532 g/mol. The summed E-state index contributed by atoms with van der Waals surface area (Å²) in [4.78, 5) is 36.1. The van der Waals surface area contributed by atoms with Gasteiger partial charge in [-0.2, -0.15) is 5.10 Å². The van der Waals surface area contributed by atoms with Crippen LogP contribution in [-0.2, 0) is 6.54 Å². The van der Waals surface area contributed by atoms with Crippen LogP contribution in [0.25, 0.3) is 22.0 Å². The van der Waals surface area contributed by atoms with Crippen LogP contribution in [0.15, 0.2) is 65.7 Å². The van der Waals surface area contributed by atoms with E-state index in [-0.39, 0.29) is 18.2 Å². The molecular formula is C27H28N6O4S. The van der Waals surface area contributed by atoms with Gasteiger partial charge in [-0.15, -0.1) is 0 Å². The normalized spacial score (nSPS) is 14.3. The number of hydrogen-bond donors (Lipinski definition) is 1. The molecule has 5 rings (SSSR count). The number of rotatable bonds is 7. The second kappa shape index (κ2) is 11.5. The first kappa shape index (κ1) is 25.6. The molecule has 0 radical (unpaired) electrons. The number of amides is 1. The minimum Gasteiger partial charge on any atom is -0.487 e. The van der Waals surface area contributed by atoms with E-state index in [1.165, 1.54) is 29.1 Å². The number of carbonyl (C=O) groups excluding carboxylic acids is 1. The molecule has 4 heterocycles. The van der Waals surface area contributed by atoms with Crippen LogP contribution >= 0.6 is 11.3 Å². The third-order valence-corrected chi connectivity index (χ3v) is 7.20. The lowest BCUT2D eigenvalue weighted by molar-refractivity contribution is 0.113. The fraction of sp³-hybridized carbons (Fsp3) is 0.296. The van der Waals surface area contributed by atoms with E-state index < -0.39 is 6.09 Å². The van der Waals surface area contributed by atoms with E-state index in [0.717, 1.165) is 41.9 Å². The number of nitrogens with one attached hydrogen (secondary N) is 1. The Morgan fingerprint density at radius 3 is 2.66 bits per heavy atom. The van der Waals surface area contributed by atoms with Crippen LogP contribution in [-0.4, -0.2) is 64.0 Å². The highest BCUT2D eigenvalue weighted by Crippen LogP contribution is 2.31. The van der Waals surface area contributed by atoms with Crippen molar-refractivity contribution in [3.63, 3.8) is 0 Å². The van der Waals surface area contributed by atoms with Crippen LogP contribution in [0.1, 0.15) is 18.4 Å². The Kier molecular flexibility index (Phi) is 7.75. The van der Waals surface area contributed by atoms with Crippen LogP contribution in [0.3, 0.4) is 0 Å². The summed E-state index contributed by atoms with van der Waals surface area (Å²) in [7, 11) is 3.62. The third kappa shape index (κ3) is 6.24. The van der Waals surface area contributed by atoms with Crippen molar-refractivity contribution in [2.24, 2.45) is 0 Å². The van der Waals surface area contributed by atoms with E-state index in [0.29, 0.717) is 22.3 Å². The largest absolute Gasteiger partial charge is 0.487 e. The van der Waals surface area contributed by atoms with E-state index in [9.17, 15) is 9.59 Å². The molecule has 1 aliphatic heterocycles. The third-order valence-electron chi connectivity index (χ3n) is 6.21. The average molecular weight is 533 g/mol. The molecule has 10 nitrogen and oxygen atoms in total. The number of ether oxygens (including phenoxy) is 2. The SMILES string of the molecule is CNC(=O)Oc1ccc(-c2ccc(=O)n(Cc3cccc(-c4ncc(OC5CCN(C)CC5)cn4)c3)n2)s1. The Hall–Kier alpha value is -4.09. The maximum absolute atomic E-state index is 12.6. The minimum atomic E-state index is -0.542. The molecule has 38 heavy (non-hydrogen) atoms. The van der Waals surface area contributed by atoms with Gasteiger partial charge in [0.05, 0.1) is 23.8 Å². The molecular weight excluding hydrogens is 504 g/mol. The molecule has 0 saturated carbocycles. The summed E-state index contributed by atoms with van der Waals surface area (Å²) < 4.78 is 12.6. The predicted molar refractivity (Wildman–Crippen MR) is 145 cm³/mol. The molecule has 0 spiro atoms. The topological polar surface area (TPSA) is 111 Å². The first-order valence-corrected chi connectivity index (χ1v) is 13.1. The Bertz CT molecular complexity index is 1460. The molecule has 1 N–H and O–H groups in total. The van der Waals surface area contributed by atoms with Crippen molar-refractivity contribution in [3.8, 4) is 32.8 Å². The van der Waals surface area contributed by atoms with E-state index in [4.69, 9.17) is 9.47 Å². The maximum atomic E-state index is 12.6. The van der Waals surface area contributed by atoms with Crippen molar-refractivity contribution < 1.29 is 14.3 Å². The standard InChI is InChI=1S/C27H28N6O4S/c1-28-27(35)37-25-9-7-23(38-25)22-6-8-24(34)33(31-22)17-18-4-3-5-19(14-18)26-29-15-21(16-30-26)36-20-10-12-32(2)13-11-20/h3-9,14-16,20H,10-13,17H2,1-2H3,(H,28,35). The van der Waals surface area contributed by atoms with E-state index in [2.05, 4.69) is 32.3 Å². The fourth-order valence-electron chi connectivity index (χ4n) is 4.15. The number of nitrogens with zero attached hydrogens (tertiary/aromatic N) is 5.